The van der Waals surface area contributed by atoms with Crippen LogP contribution in [0.4, 0.5) is 5.69 Å². The fourth-order valence-electron chi connectivity index (χ4n) is 5.15. The number of methoxy groups -OCH3 is 1. The molecule has 0 aromatic heterocycles. The number of rotatable bonds is 6. The van der Waals surface area contributed by atoms with Gasteiger partial charge in [-0.05, 0) is 50.4 Å². The van der Waals surface area contributed by atoms with E-state index in [1.807, 2.05) is 6.07 Å². The molecule has 9 heteroatoms. The Hall–Kier alpha value is -1.87. The molecule has 1 aromatic carbocycles. The van der Waals surface area contributed by atoms with Gasteiger partial charge in [-0.3, -0.25) is 19.4 Å². The standard InChI is InChI=1S/C23H33N3O5.ClH/c1-15-4-5-21(31-2)18(12-15)25-10-8-24(9-11-25)6-3-7-26-22(29)16-13-19(27)20(28)14-17(16)23(26)30;/h4-5,12,16-17,19-20,27-28H,3,6-11,13-14H2,1-2H3;1H. The SMILES string of the molecule is COc1ccc(C)cc1N1CCN(CCCN2C(=O)C3CC(O)C(O)CC3C2=O)CC1.Cl. The highest BCUT2D eigenvalue weighted by molar-refractivity contribution is 6.05. The molecule has 1 aromatic rings. The van der Waals surface area contributed by atoms with Gasteiger partial charge >= 0.3 is 0 Å². The van der Waals surface area contributed by atoms with Crippen molar-refractivity contribution in [1.82, 2.24) is 9.80 Å². The average molecular weight is 468 g/mol. The number of imide groups is 1. The Balaban J connectivity index is 0.00000289. The van der Waals surface area contributed by atoms with Gasteiger partial charge in [-0.2, -0.15) is 0 Å². The number of halogens is 1. The number of hydrogen-bond acceptors (Lipinski definition) is 7. The number of ether oxygens (including phenoxy) is 1. The van der Waals surface area contributed by atoms with Crippen LogP contribution in [0.3, 0.4) is 0 Å². The topological polar surface area (TPSA) is 93.6 Å². The second-order valence-electron chi connectivity index (χ2n) is 9.00. The van der Waals surface area contributed by atoms with Crippen molar-refractivity contribution in [2.75, 3.05) is 51.3 Å². The molecule has 0 spiro atoms. The van der Waals surface area contributed by atoms with Gasteiger partial charge in [-0.25, -0.2) is 0 Å². The molecule has 4 unspecified atom stereocenters. The van der Waals surface area contributed by atoms with E-state index in [0.29, 0.717) is 6.54 Å². The molecule has 2 amide bonds. The van der Waals surface area contributed by atoms with Crippen molar-refractivity contribution in [3.05, 3.63) is 23.8 Å². The van der Waals surface area contributed by atoms with E-state index in [4.69, 9.17) is 4.74 Å². The molecule has 8 nitrogen and oxygen atoms in total. The molecule has 0 radical (unpaired) electrons. The summed E-state index contributed by atoms with van der Waals surface area (Å²) in [5.74, 6) is -0.422. The minimum absolute atomic E-state index is 0. The molecule has 1 saturated carbocycles. The fourth-order valence-corrected chi connectivity index (χ4v) is 5.15. The van der Waals surface area contributed by atoms with Crippen LogP contribution >= 0.6 is 12.4 Å². The number of nitrogens with zero attached hydrogens (tertiary/aromatic N) is 3. The predicted molar refractivity (Wildman–Crippen MR) is 123 cm³/mol. The molecule has 0 bridgehead atoms. The first-order valence-corrected chi connectivity index (χ1v) is 11.2. The zero-order chi connectivity index (χ0) is 22.1. The van der Waals surface area contributed by atoms with Crippen LogP contribution in [0.2, 0.25) is 0 Å². The summed E-state index contributed by atoms with van der Waals surface area (Å²) in [6.45, 7) is 6.96. The molecule has 1 aliphatic carbocycles. The number of carbonyl (C=O) groups is 2. The van der Waals surface area contributed by atoms with E-state index in [1.165, 1.54) is 10.5 Å². The molecule has 4 rings (SSSR count). The van der Waals surface area contributed by atoms with Gasteiger partial charge in [-0.1, -0.05) is 6.07 Å². The van der Waals surface area contributed by atoms with Gasteiger partial charge in [0.25, 0.3) is 0 Å². The Morgan fingerprint density at radius 2 is 1.56 bits per heavy atom. The average Bonchev–Trinajstić information content (AvgIpc) is 2.99. The number of hydrogen-bond donors (Lipinski definition) is 2. The molecule has 178 valence electrons. The van der Waals surface area contributed by atoms with Gasteiger partial charge in [0, 0.05) is 32.7 Å². The molecule has 4 atom stereocenters. The van der Waals surface area contributed by atoms with Gasteiger partial charge in [0.1, 0.15) is 5.75 Å². The lowest BCUT2D eigenvalue weighted by molar-refractivity contribution is -0.140. The summed E-state index contributed by atoms with van der Waals surface area (Å²) in [6, 6.07) is 6.22. The Bertz CT molecular complexity index is 802. The predicted octanol–water partition coefficient (Wildman–Crippen LogP) is 1.05. The fraction of sp³-hybridized carbons (Fsp3) is 0.652. The summed E-state index contributed by atoms with van der Waals surface area (Å²) in [7, 11) is 1.70. The maximum Gasteiger partial charge on any atom is 0.233 e. The monoisotopic (exact) mass is 467 g/mol. The second kappa shape index (κ2) is 10.4. The molecule has 2 aliphatic heterocycles. The molecular formula is C23H34ClN3O5. The first-order valence-electron chi connectivity index (χ1n) is 11.2. The number of aliphatic hydroxyl groups is 2. The van der Waals surface area contributed by atoms with Crippen molar-refractivity contribution < 1.29 is 24.5 Å². The summed E-state index contributed by atoms with van der Waals surface area (Å²) in [4.78, 5) is 31.4. The van der Waals surface area contributed by atoms with Crippen molar-refractivity contribution in [2.45, 2.75) is 38.4 Å². The van der Waals surface area contributed by atoms with Crippen LogP contribution in [-0.4, -0.2) is 90.4 Å². The highest BCUT2D eigenvalue weighted by Gasteiger charge is 2.51. The maximum atomic E-state index is 12.7. The van der Waals surface area contributed by atoms with E-state index in [1.54, 1.807) is 7.11 Å². The van der Waals surface area contributed by atoms with Crippen molar-refractivity contribution in [2.24, 2.45) is 11.8 Å². The van der Waals surface area contributed by atoms with Crippen LogP contribution in [0.25, 0.3) is 0 Å². The summed E-state index contributed by atoms with van der Waals surface area (Å²) in [6.07, 6.45) is -0.743. The normalized spacial score (nSPS) is 28.5. The van der Waals surface area contributed by atoms with Crippen LogP contribution in [0.1, 0.15) is 24.8 Å². The van der Waals surface area contributed by atoms with Crippen molar-refractivity contribution in [3.8, 4) is 5.75 Å². The second-order valence-corrected chi connectivity index (χ2v) is 9.00. The third-order valence-corrected chi connectivity index (χ3v) is 6.99. The third-order valence-electron chi connectivity index (χ3n) is 6.99. The summed E-state index contributed by atoms with van der Waals surface area (Å²) in [5.41, 5.74) is 2.33. The first-order chi connectivity index (χ1) is 14.9. The van der Waals surface area contributed by atoms with Gasteiger partial charge in [-0.15, -0.1) is 12.4 Å². The Morgan fingerprint density at radius 1 is 0.969 bits per heavy atom. The number of benzene rings is 1. The van der Waals surface area contributed by atoms with E-state index < -0.39 is 24.0 Å². The van der Waals surface area contributed by atoms with Crippen molar-refractivity contribution in [3.63, 3.8) is 0 Å². The maximum absolute atomic E-state index is 12.7. The van der Waals surface area contributed by atoms with Gasteiger partial charge in [0.15, 0.2) is 0 Å². The van der Waals surface area contributed by atoms with Gasteiger partial charge < -0.3 is 19.8 Å². The van der Waals surface area contributed by atoms with E-state index in [0.717, 1.165) is 50.6 Å². The quantitative estimate of drug-likeness (QED) is 0.604. The van der Waals surface area contributed by atoms with Crippen LogP contribution in [0, 0.1) is 18.8 Å². The van der Waals surface area contributed by atoms with Crippen LogP contribution in [-0.2, 0) is 9.59 Å². The number of aryl methyl sites for hydroxylation is 1. The number of piperazine rings is 1. The Morgan fingerprint density at radius 3 is 2.12 bits per heavy atom. The molecule has 32 heavy (non-hydrogen) atoms. The summed E-state index contributed by atoms with van der Waals surface area (Å²) in [5, 5.41) is 19.7. The molecule has 3 fully saturated rings. The number of aliphatic hydroxyl groups excluding tert-OH is 2. The molecule has 2 saturated heterocycles. The molecule has 2 heterocycles. The van der Waals surface area contributed by atoms with E-state index in [-0.39, 0.29) is 37.1 Å². The lowest BCUT2D eigenvalue weighted by atomic mass is 9.78. The minimum atomic E-state index is -0.915. The van der Waals surface area contributed by atoms with Crippen LogP contribution in [0.15, 0.2) is 18.2 Å². The molecular weight excluding hydrogens is 434 g/mol. The van der Waals surface area contributed by atoms with Gasteiger partial charge in [0.2, 0.25) is 11.8 Å². The third kappa shape index (κ3) is 4.88. The number of fused-ring (bicyclic) bond motifs is 1. The number of carbonyl (C=O) groups excluding carboxylic acids is 2. The minimum Gasteiger partial charge on any atom is -0.495 e. The zero-order valence-electron chi connectivity index (χ0n) is 18.8. The van der Waals surface area contributed by atoms with Gasteiger partial charge in [0.05, 0.1) is 36.8 Å². The van der Waals surface area contributed by atoms with Crippen molar-refractivity contribution >= 4 is 29.9 Å². The lowest BCUT2D eigenvalue weighted by Crippen LogP contribution is -2.47. The highest BCUT2D eigenvalue weighted by Crippen LogP contribution is 2.38. The number of anilines is 1. The zero-order valence-corrected chi connectivity index (χ0v) is 19.6. The first kappa shape index (κ1) is 24.8. The smallest absolute Gasteiger partial charge is 0.233 e. The van der Waals surface area contributed by atoms with Crippen molar-refractivity contribution in [1.29, 1.82) is 0 Å². The van der Waals surface area contributed by atoms with E-state index in [2.05, 4.69) is 28.9 Å². The largest absolute Gasteiger partial charge is 0.495 e. The molecule has 3 aliphatic rings. The van der Waals surface area contributed by atoms with E-state index in [9.17, 15) is 19.8 Å². The number of likely N-dealkylation sites (tertiary alicyclic amines) is 1. The highest BCUT2D eigenvalue weighted by atomic mass is 35.5. The summed E-state index contributed by atoms with van der Waals surface area (Å²) < 4.78 is 5.52. The Kier molecular flexibility index (Phi) is 8.03. The Labute approximate surface area is 195 Å². The number of amides is 2. The summed E-state index contributed by atoms with van der Waals surface area (Å²) >= 11 is 0. The van der Waals surface area contributed by atoms with Crippen LogP contribution in [0.5, 0.6) is 5.75 Å². The molecule has 2 N–H and O–H groups in total. The lowest BCUT2D eigenvalue weighted by Gasteiger charge is -2.37. The van der Waals surface area contributed by atoms with E-state index >= 15 is 0 Å². The van der Waals surface area contributed by atoms with Crippen LogP contribution < -0.4 is 9.64 Å².